The van der Waals surface area contributed by atoms with E-state index in [4.69, 9.17) is 18.5 Å². The van der Waals surface area contributed by atoms with Gasteiger partial charge in [-0.25, -0.2) is 0 Å². The molecule has 9 nitrogen and oxygen atoms in total. The molecule has 0 saturated carbocycles. The van der Waals surface area contributed by atoms with E-state index in [1.165, 1.54) is 57.8 Å². The van der Waals surface area contributed by atoms with Crippen LogP contribution in [0.1, 0.15) is 194 Å². The molecule has 0 aliphatic heterocycles. The van der Waals surface area contributed by atoms with Crippen molar-refractivity contribution in [1.82, 2.24) is 0 Å². The molecule has 0 N–H and O–H groups in total. The molecule has 10 heteroatoms. The second-order valence-electron chi connectivity index (χ2n) is 19.6. The summed E-state index contributed by atoms with van der Waals surface area (Å²) >= 11 is 0. The molecule has 1 unspecified atom stereocenters. The number of phosphoric acid groups is 1. The minimum atomic E-state index is -4.67. The Morgan fingerprint density at radius 1 is 0.432 bits per heavy atom. The summed E-state index contributed by atoms with van der Waals surface area (Å²) < 4.78 is 34.0. The van der Waals surface area contributed by atoms with Crippen LogP contribution in [0.15, 0.2) is 146 Å². The number of hydrogen-bond acceptors (Lipinski definition) is 8. The van der Waals surface area contributed by atoms with E-state index in [-0.39, 0.29) is 26.1 Å². The highest BCUT2D eigenvalue weighted by Gasteiger charge is 2.21. The van der Waals surface area contributed by atoms with Crippen molar-refractivity contribution in [3.05, 3.63) is 146 Å². The molecule has 0 aromatic carbocycles. The fraction of sp³-hybridized carbons (Fsp3) is 0.594. The van der Waals surface area contributed by atoms with Crippen molar-refractivity contribution in [2.75, 3.05) is 47.5 Å². The largest absolute Gasteiger partial charge is 0.756 e. The summed E-state index contributed by atoms with van der Waals surface area (Å²) in [6.07, 6.45) is 79.1. The summed E-state index contributed by atoms with van der Waals surface area (Å²) in [6, 6.07) is 0. The Kier molecular flexibility index (Phi) is 50.7. The molecule has 0 amide bonds. The minimum Gasteiger partial charge on any atom is -0.756 e. The monoisotopic (exact) mass is 1050 g/mol. The van der Waals surface area contributed by atoms with Crippen molar-refractivity contribution in [2.45, 2.75) is 200 Å². The molecule has 0 bridgehead atoms. The SMILES string of the molecule is CC/C=C\C/C=C\C/C=C\C/C=C\C/C=C\C/C=C\CCC(=O)O[C@H](COC(=O)CCCCCCCCCCCCCC/C=C\C/C=C\C/C=C\C=C/CC/C=C\C/C=C\CC)COP(=O)([O-])OCC[N+](C)(C)C. The van der Waals surface area contributed by atoms with Gasteiger partial charge in [-0.2, -0.15) is 0 Å². The Balaban J connectivity index is 4.25. The zero-order valence-corrected chi connectivity index (χ0v) is 48.1. The number of quaternary nitrogens is 1. The van der Waals surface area contributed by atoms with Gasteiger partial charge >= 0.3 is 11.9 Å². The lowest BCUT2D eigenvalue weighted by Crippen LogP contribution is -2.37. The number of likely N-dealkylation sites (N-methyl/N-ethyl adjacent to an activating group) is 1. The van der Waals surface area contributed by atoms with E-state index in [0.29, 0.717) is 23.9 Å². The maximum absolute atomic E-state index is 12.7. The second kappa shape index (κ2) is 53.7. The lowest BCUT2D eigenvalue weighted by molar-refractivity contribution is -0.870. The van der Waals surface area contributed by atoms with E-state index in [0.717, 1.165) is 96.3 Å². The molecule has 0 radical (unpaired) electrons. The average Bonchev–Trinajstić information content (AvgIpc) is 3.36. The van der Waals surface area contributed by atoms with Gasteiger partial charge in [0.05, 0.1) is 27.7 Å². The first-order valence-corrected chi connectivity index (χ1v) is 30.0. The molecule has 2 atom stereocenters. The molecule has 0 spiro atoms. The van der Waals surface area contributed by atoms with Gasteiger partial charge in [0.25, 0.3) is 7.82 Å². The number of carbonyl (C=O) groups is 2. The summed E-state index contributed by atoms with van der Waals surface area (Å²) in [5.74, 6) is -0.945. The van der Waals surface area contributed by atoms with E-state index in [2.05, 4.69) is 148 Å². The highest BCUT2D eigenvalue weighted by atomic mass is 31.2. The van der Waals surface area contributed by atoms with Crippen LogP contribution >= 0.6 is 7.82 Å². The Morgan fingerprint density at radius 2 is 0.824 bits per heavy atom. The second-order valence-corrected chi connectivity index (χ2v) is 21.0. The van der Waals surface area contributed by atoms with Crippen molar-refractivity contribution < 1.29 is 42.1 Å². The summed E-state index contributed by atoms with van der Waals surface area (Å²) in [6.45, 7) is 3.90. The van der Waals surface area contributed by atoms with Crippen molar-refractivity contribution in [1.29, 1.82) is 0 Å². The predicted octanol–water partition coefficient (Wildman–Crippen LogP) is 17.3. The molecule has 74 heavy (non-hydrogen) atoms. The van der Waals surface area contributed by atoms with Gasteiger partial charge in [-0.05, 0) is 103 Å². The number of nitrogens with zero attached hydrogens (tertiary/aromatic N) is 1. The van der Waals surface area contributed by atoms with Crippen LogP contribution in [0.25, 0.3) is 0 Å². The molecule has 0 fully saturated rings. The summed E-state index contributed by atoms with van der Waals surface area (Å²) in [4.78, 5) is 37.8. The topological polar surface area (TPSA) is 111 Å². The van der Waals surface area contributed by atoms with Crippen LogP contribution in [-0.2, 0) is 32.7 Å². The van der Waals surface area contributed by atoms with Gasteiger partial charge < -0.3 is 27.9 Å². The molecular weight excluding hydrogens is 942 g/mol. The van der Waals surface area contributed by atoms with Crippen LogP contribution in [0.3, 0.4) is 0 Å². The number of allylic oxidation sites excluding steroid dienone is 24. The van der Waals surface area contributed by atoms with E-state index >= 15 is 0 Å². The zero-order chi connectivity index (χ0) is 54.2. The van der Waals surface area contributed by atoms with Crippen molar-refractivity contribution in [3.63, 3.8) is 0 Å². The van der Waals surface area contributed by atoms with Crippen LogP contribution < -0.4 is 4.89 Å². The fourth-order valence-corrected chi connectivity index (χ4v) is 7.77. The Morgan fingerprint density at radius 3 is 1.31 bits per heavy atom. The van der Waals surface area contributed by atoms with Crippen LogP contribution in [-0.4, -0.2) is 70.0 Å². The Labute approximate surface area is 453 Å². The van der Waals surface area contributed by atoms with Gasteiger partial charge in [-0.15, -0.1) is 0 Å². The normalized spacial score (nSPS) is 14.4. The molecule has 0 aromatic rings. The number of hydrogen-bond donors (Lipinski definition) is 0. The third kappa shape index (κ3) is 57.2. The smallest absolute Gasteiger partial charge is 0.306 e. The lowest BCUT2D eigenvalue weighted by atomic mass is 10.0. The molecule has 0 saturated heterocycles. The molecule has 0 aliphatic rings. The number of ether oxygens (including phenoxy) is 2. The first-order chi connectivity index (χ1) is 36.0. The lowest BCUT2D eigenvalue weighted by Gasteiger charge is -2.28. The van der Waals surface area contributed by atoms with Gasteiger partial charge in [0, 0.05) is 12.8 Å². The maximum Gasteiger partial charge on any atom is 0.306 e. The number of esters is 2. The molecular formula is C64H104NO8P. The third-order valence-corrected chi connectivity index (χ3v) is 12.3. The van der Waals surface area contributed by atoms with Crippen molar-refractivity contribution in [3.8, 4) is 0 Å². The van der Waals surface area contributed by atoms with Crippen molar-refractivity contribution in [2.24, 2.45) is 0 Å². The standard InChI is InChI=1S/C64H104NO8P/c1-6-8-10-12-14-16-18-20-22-24-26-27-28-29-30-31-32-33-34-35-36-37-39-40-42-44-46-48-50-52-54-56-63(66)70-60-62(61-72-74(68,69)71-59-58-65(3,4)5)73-64(67)57-55-53-51-49-47-45-43-41-38-25-23-21-19-17-15-13-11-9-7-2/h8-11,14-17,21-24,26-27,29-30,32-33,38,41,45,47,51,53,62H,6-7,12-13,18-20,25,28,31,34-37,39-40,42-44,46,48-50,52,54-61H2,1-5H3/b10-8-,11-9-,16-14-,17-15-,23-21-,24-22-,27-26-,30-29-,33-32-,41-38-,47-45-,53-51-/t62-/m1/s1. The number of carbonyl (C=O) groups excluding carboxylic acids is 2. The summed E-state index contributed by atoms with van der Waals surface area (Å²) in [5, 5.41) is 0. The molecule has 0 aliphatic carbocycles. The number of unbranched alkanes of at least 4 members (excludes halogenated alkanes) is 13. The molecule has 0 heterocycles. The van der Waals surface area contributed by atoms with Gasteiger partial charge in [0.15, 0.2) is 6.10 Å². The van der Waals surface area contributed by atoms with E-state index in [9.17, 15) is 19.0 Å². The Hall–Kier alpha value is -4.11. The minimum absolute atomic E-state index is 0.0526. The maximum atomic E-state index is 12.7. The van der Waals surface area contributed by atoms with Crippen molar-refractivity contribution >= 4 is 19.8 Å². The highest BCUT2D eigenvalue weighted by molar-refractivity contribution is 7.45. The molecule has 418 valence electrons. The summed E-state index contributed by atoms with van der Waals surface area (Å²) in [7, 11) is 1.10. The van der Waals surface area contributed by atoms with Crippen LogP contribution in [0.2, 0.25) is 0 Å². The molecule has 0 rings (SSSR count). The average molecular weight is 1050 g/mol. The quantitative estimate of drug-likeness (QED) is 0.0148. The van der Waals surface area contributed by atoms with Crippen LogP contribution in [0.4, 0.5) is 0 Å². The Bertz CT molecular complexity index is 1760. The van der Waals surface area contributed by atoms with Gasteiger partial charge in [-0.3, -0.25) is 14.2 Å². The first-order valence-electron chi connectivity index (χ1n) is 28.6. The van der Waals surface area contributed by atoms with Crippen LogP contribution in [0, 0.1) is 0 Å². The highest BCUT2D eigenvalue weighted by Crippen LogP contribution is 2.38. The fourth-order valence-electron chi connectivity index (χ4n) is 7.04. The zero-order valence-electron chi connectivity index (χ0n) is 47.2. The van der Waals surface area contributed by atoms with Gasteiger partial charge in [0.2, 0.25) is 0 Å². The first kappa shape index (κ1) is 69.9. The van der Waals surface area contributed by atoms with E-state index in [1.807, 2.05) is 33.3 Å². The number of phosphoric ester groups is 1. The predicted molar refractivity (Wildman–Crippen MR) is 314 cm³/mol. The molecule has 0 aromatic heterocycles. The third-order valence-electron chi connectivity index (χ3n) is 11.4. The van der Waals surface area contributed by atoms with E-state index < -0.39 is 32.5 Å². The van der Waals surface area contributed by atoms with E-state index in [1.54, 1.807) is 0 Å². The van der Waals surface area contributed by atoms with Crippen LogP contribution in [0.5, 0.6) is 0 Å². The number of rotatable bonds is 50. The van der Waals surface area contributed by atoms with Gasteiger partial charge in [0.1, 0.15) is 19.8 Å². The van der Waals surface area contributed by atoms with Gasteiger partial charge in [-0.1, -0.05) is 224 Å². The summed E-state index contributed by atoms with van der Waals surface area (Å²) in [5.41, 5.74) is 0.